The molecular formula is C11H16N2O3S. The van der Waals surface area contributed by atoms with Crippen molar-refractivity contribution < 1.29 is 14.7 Å². The fourth-order valence-electron chi connectivity index (χ4n) is 1.13. The smallest absolute Gasteiger partial charge is 0.261 e. The third-order valence-electron chi connectivity index (χ3n) is 1.97. The highest BCUT2D eigenvalue weighted by atomic mass is 32.1. The summed E-state index contributed by atoms with van der Waals surface area (Å²) in [6, 6.07) is 3.58. The van der Waals surface area contributed by atoms with E-state index in [4.69, 9.17) is 5.11 Å². The Kier molecular flexibility index (Phi) is 5.11. The Bertz CT molecular complexity index is 401. The predicted molar refractivity (Wildman–Crippen MR) is 66.1 cm³/mol. The van der Waals surface area contributed by atoms with Crippen molar-refractivity contribution in [1.29, 1.82) is 0 Å². The van der Waals surface area contributed by atoms with Gasteiger partial charge in [-0.3, -0.25) is 9.59 Å². The normalized spacial score (nSPS) is 11.9. The van der Waals surface area contributed by atoms with Gasteiger partial charge in [-0.2, -0.15) is 0 Å². The van der Waals surface area contributed by atoms with Crippen LogP contribution in [-0.4, -0.2) is 36.1 Å². The summed E-state index contributed by atoms with van der Waals surface area (Å²) < 4.78 is 0. The highest BCUT2D eigenvalue weighted by Crippen LogP contribution is 2.14. The second-order valence-electron chi connectivity index (χ2n) is 3.75. The molecule has 1 aromatic heterocycles. The lowest BCUT2D eigenvalue weighted by atomic mass is 10.4. The van der Waals surface area contributed by atoms with Gasteiger partial charge in [0.05, 0.1) is 17.5 Å². The minimum Gasteiger partial charge on any atom is -0.392 e. The fraction of sp³-hybridized carbons (Fsp3) is 0.455. The van der Waals surface area contributed by atoms with Crippen molar-refractivity contribution in [2.24, 2.45) is 0 Å². The van der Waals surface area contributed by atoms with Crippen LogP contribution in [0.5, 0.6) is 0 Å². The topological polar surface area (TPSA) is 78.4 Å². The molecule has 1 atom stereocenters. The molecule has 5 nitrogen and oxygen atoms in total. The van der Waals surface area contributed by atoms with Crippen LogP contribution in [0.25, 0.3) is 0 Å². The molecule has 0 fully saturated rings. The quantitative estimate of drug-likeness (QED) is 0.708. The van der Waals surface area contributed by atoms with Crippen molar-refractivity contribution in [3.05, 3.63) is 21.9 Å². The Morgan fingerprint density at radius 3 is 2.65 bits per heavy atom. The minimum atomic E-state index is -0.588. The van der Waals surface area contributed by atoms with Crippen LogP contribution in [0.2, 0.25) is 0 Å². The van der Waals surface area contributed by atoms with Crippen LogP contribution in [0.1, 0.15) is 21.5 Å². The highest BCUT2D eigenvalue weighted by molar-refractivity contribution is 7.13. The van der Waals surface area contributed by atoms with Gasteiger partial charge in [0.1, 0.15) is 0 Å². The Morgan fingerprint density at radius 1 is 1.41 bits per heavy atom. The lowest BCUT2D eigenvalue weighted by Gasteiger charge is -2.07. The summed E-state index contributed by atoms with van der Waals surface area (Å²) in [6.07, 6.45) is -0.588. The number of aryl methyl sites for hydroxylation is 1. The van der Waals surface area contributed by atoms with Gasteiger partial charge in [0, 0.05) is 11.4 Å². The van der Waals surface area contributed by atoms with E-state index in [2.05, 4.69) is 10.6 Å². The molecule has 0 unspecified atom stereocenters. The first-order valence-corrected chi connectivity index (χ1v) is 6.10. The van der Waals surface area contributed by atoms with Crippen LogP contribution in [0, 0.1) is 6.92 Å². The van der Waals surface area contributed by atoms with E-state index in [9.17, 15) is 9.59 Å². The van der Waals surface area contributed by atoms with Crippen molar-refractivity contribution in [2.45, 2.75) is 20.0 Å². The van der Waals surface area contributed by atoms with E-state index in [0.717, 1.165) is 4.88 Å². The molecule has 2 amide bonds. The van der Waals surface area contributed by atoms with E-state index >= 15 is 0 Å². The number of amides is 2. The number of rotatable bonds is 5. The van der Waals surface area contributed by atoms with Crippen molar-refractivity contribution in [2.75, 3.05) is 13.1 Å². The molecule has 0 saturated carbocycles. The summed E-state index contributed by atoms with van der Waals surface area (Å²) in [5.74, 6) is -0.567. The SMILES string of the molecule is Cc1ccc(C(=O)NCC(=O)NC[C@@H](C)O)s1. The van der Waals surface area contributed by atoms with Crippen LogP contribution in [0.3, 0.4) is 0 Å². The van der Waals surface area contributed by atoms with Gasteiger partial charge < -0.3 is 15.7 Å². The molecule has 0 aliphatic heterocycles. The molecule has 1 aromatic rings. The van der Waals surface area contributed by atoms with Gasteiger partial charge in [0.15, 0.2) is 0 Å². The second-order valence-corrected chi connectivity index (χ2v) is 5.03. The van der Waals surface area contributed by atoms with E-state index in [1.165, 1.54) is 11.3 Å². The maximum absolute atomic E-state index is 11.6. The fourth-order valence-corrected chi connectivity index (χ4v) is 1.91. The third-order valence-corrected chi connectivity index (χ3v) is 2.97. The largest absolute Gasteiger partial charge is 0.392 e. The molecule has 0 aliphatic rings. The Morgan fingerprint density at radius 2 is 2.12 bits per heavy atom. The van der Waals surface area contributed by atoms with Crippen LogP contribution in [0.15, 0.2) is 12.1 Å². The second kappa shape index (κ2) is 6.36. The zero-order valence-corrected chi connectivity index (χ0v) is 10.6. The van der Waals surface area contributed by atoms with Gasteiger partial charge >= 0.3 is 0 Å². The van der Waals surface area contributed by atoms with Crippen LogP contribution < -0.4 is 10.6 Å². The molecular weight excluding hydrogens is 240 g/mol. The third kappa shape index (κ3) is 4.97. The summed E-state index contributed by atoms with van der Waals surface area (Å²) in [5, 5.41) is 14.0. The van der Waals surface area contributed by atoms with Crippen molar-refractivity contribution in [3.8, 4) is 0 Å². The van der Waals surface area contributed by atoms with Gasteiger partial charge in [-0.05, 0) is 26.0 Å². The van der Waals surface area contributed by atoms with E-state index in [1.54, 1.807) is 13.0 Å². The zero-order valence-electron chi connectivity index (χ0n) is 9.82. The molecule has 17 heavy (non-hydrogen) atoms. The van der Waals surface area contributed by atoms with Crippen molar-refractivity contribution >= 4 is 23.2 Å². The number of thiophene rings is 1. The molecule has 6 heteroatoms. The average molecular weight is 256 g/mol. The molecule has 0 aliphatic carbocycles. The number of nitrogens with one attached hydrogen (secondary N) is 2. The van der Waals surface area contributed by atoms with Crippen LogP contribution in [0.4, 0.5) is 0 Å². The first-order valence-electron chi connectivity index (χ1n) is 5.28. The molecule has 0 spiro atoms. The number of carbonyl (C=O) groups excluding carboxylic acids is 2. The van der Waals surface area contributed by atoms with Gasteiger partial charge in [0.2, 0.25) is 5.91 Å². The number of aliphatic hydroxyl groups excluding tert-OH is 1. The summed E-state index contributed by atoms with van der Waals surface area (Å²) >= 11 is 1.38. The lowest BCUT2D eigenvalue weighted by Crippen LogP contribution is -2.39. The van der Waals surface area contributed by atoms with Crippen molar-refractivity contribution in [3.63, 3.8) is 0 Å². The van der Waals surface area contributed by atoms with Gasteiger partial charge in [-0.1, -0.05) is 0 Å². The maximum atomic E-state index is 11.6. The number of hydrogen-bond acceptors (Lipinski definition) is 4. The van der Waals surface area contributed by atoms with Crippen LogP contribution in [-0.2, 0) is 4.79 Å². The Hall–Kier alpha value is -1.40. The van der Waals surface area contributed by atoms with E-state index in [-0.39, 0.29) is 24.9 Å². The number of hydrogen-bond donors (Lipinski definition) is 3. The summed E-state index contributed by atoms with van der Waals surface area (Å²) in [6.45, 7) is 3.60. The molecule has 94 valence electrons. The van der Waals surface area contributed by atoms with Crippen LogP contribution >= 0.6 is 11.3 Å². The highest BCUT2D eigenvalue weighted by Gasteiger charge is 2.09. The standard InChI is InChI=1S/C11H16N2O3S/c1-7(14)5-12-10(15)6-13-11(16)9-4-3-8(2)17-9/h3-4,7,14H,5-6H2,1-2H3,(H,12,15)(H,13,16)/t7-/m1/s1. The molecule has 0 aromatic carbocycles. The summed E-state index contributed by atoms with van der Waals surface area (Å²) in [4.78, 5) is 24.5. The number of carbonyl (C=O) groups is 2. The lowest BCUT2D eigenvalue weighted by molar-refractivity contribution is -0.120. The van der Waals surface area contributed by atoms with Crippen molar-refractivity contribution in [1.82, 2.24) is 10.6 Å². The first kappa shape index (κ1) is 13.7. The molecule has 0 radical (unpaired) electrons. The van der Waals surface area contributed by atoms with E-state index in [1.807, 2.05) is 13.0 Å². The minimum absolute atomic E-state index is 0.0809. The zero-order chi connectivity index (χ0) is 12.8. The van der Waals surface area contributed by atoms with Gasteiger partial charge in [0.25, 0.3) is 5.91 Å². The summed E-state index contributed by atoms with van der Waals surface area (Å²) in [7, 11) is 0. The molecule has 0 saturated heterocycles. The maximum Gasteiger partial charge on any atom is 0.261 e. The van der Waals surface area contributed by atoms with E-state index in [0.29, 0.717) is 4.88 Å². The predicted octanol–water partition coefficient (Wildman–Crippen LogP) is 0.283. The summed E-state index contributed by atoms with van der Waals surface area (Å²) in [5.41, 5.74) is 0. The Balaban J connectivity index is 2.31. The molecule has 1 rings (SSSR count). The average Bonchev–Trinajstić information content (AvgIpc) is 2.70. The van der Waals surface area contributed by atoms with Gasteiger partial charge in [-0.15, -0.1) is 11.3 Å². The molecule has 1 heterocycles. The molecule has 3 N–H and O–H groups in total. The van der Waals surface area contributed by atoms with Gasteiger partial charge in [-0.25, -0.2) is 0 Å². The Labute approximate surface area is 104 Å². The van der Waals surface area contributed by atoms with E-state index < -0.39 is 6.10 Å². The molecule has 0 bridgehead atoms. The first-order chi connectivity index (χ1) is 7.99. The number of aliphatic hydroxyl groups is 1. The monoisotopic (exact) mass is 256 g/mol.